The molecule has 0 atom stereocenters. The molecule has 1 heterocycles. The zero-order valence-corrected chi connectivity index (χ0v) is 15.4. The van der Waals surface area contributed by atoms with Crippen LogP contribution in [0.2, 0.25) is 5.02 Å². The maximum atomic E-state index is 11.0. The molecular formula is C20H12ClN3O2S. The molecule has 1 aromatic heterocycles. The van der Waals surface area contributed by atoms with Crippen LogP contribution in [0.15, 0.2) is 71.7 Å². The van der Waals surface area contributed by atoms with Crippen molar-refractivity contribution in [3.63, 3.8) is 0 Å². The number of aliphatic imine (C=N–C) groups is 1. The molecule has 0 unspecified atom stereocenters. The van der Waals surface area contributed by atoms with Gasteiger partial charge in [0.15, 0.2) is 0 Å². The summed E-state index contributed by atoms with van der Waals surface area (Å²) in [6.45, 7) is 0. The van der Waals surface area contributed by atoms with Crippen LogP contribution in [0.5, 0.6) is 0 Å². The third kappa shape index (κ3) is 3.72. The van der Waals surface area contributed by atoms with Gasteiger partial charge in [-0.15, -0.1) is 11.3 Å². The Hall–Kier alpha value is -3.09. The van der Waals surface area contributed by atoms with Crippen LogP contribution in [0, 0.1) is 10.1 Å². The minimum Gasteiger partial charge on any atom is -0.258 e. The number of nitro benzene ring substituents is 1. The third-order valence-electron chi connectivity index (χ3n) is 3.94. The molecule has 0 radical (unpaired) electrons. The number of halogens is 1. The SMILES string of the molecule is O=[N+]([O-])c1cc(C=Nc2ccc(-c3nc4ccccc4s3)cc2)ccc1Cl. The first-order valence-electron chi connectivity index (χ1n) is 8.04. The van der Waals surface area contributed by atoms with Gasteiger partial charge in [-0.3, -0.25) is 15.1 Å². The molecular weight excluding hydrogens is 382 g/mol. The summed E-state index contributed by atoms with van der Waals surface area (Å²) in [5.74, 6) is 0. The van der Waals surface area contributed by atoms with Crippen molar-refractivity contribution >= 4 is 50.7 Å². The van der Waals surface area contributed by atoms with Gasteiger partial charge in [-0.05, 0) is 48.0 Å². The lowest BCUT2D eigenvalue weighted by Crippen LogP contribution is -1.91. The van der Waals surface area contributed by atoms with Gasteiger partial charge in [0.25, 0.3) is 5.69 Å². The second-order valence-electron chi connectivity index (χ2n) is 5.76. The summed E-state index contributed by atoms with van der Waals surface area (Å²) in [6.07, 6.45) is 1.58. The third-order valence-corrected chi connectivity index (χ3v) is 5.34. The Kier molecular flexibility index (Phi) is 4.66. The van der Waals surface area contributed by atoms with E-state index in [0.29, 0.717) is 5.56 Å². The normalized spacial score (nSPS) is 11.3. The molecule has 4 aromatic rings. The molecule has 0 spiro atoms. The first kappa shape index (κ1) is 17.3. The molecule has 132 valence electrons. The van der Waals surface area contributed by atoms with Crippen molar-refractivity contribution in [2.24, 2.45) is 4.99 Å². The zero-order chi connectivity index (χ0) is 18.8. The largest absolute Gasteiger partial charge is 0.288 e. The molecule has 0 bridgehead atoms. The van der Waals surface area contributed by atoms with Gasteiger partial charge in [0, 0.05) is 17.8 Å². The average Bonchev–Trinajstić information content (AvgIpc) is 3.12. The topological polar surface area (TPSA) is 68.4 Å². The fourth-order valence-corrected chi connectivity index (χ4v) is 3.74. The zero-order valence-electron chi connectivity index (χ0n) is 13.9. The fraction of sp³-hybridized carbons (Fsp3) is 0. The van der Waals surface area contributed by atoms with E-state index < -0.39 is 4.92 Å². The van der Waals surface area contributed by atoms with Crippen LogP contribution in [0.1, 0.15) is 5.56 Å². The molecule has 0 saturated carbocycles. The fourth-order valence-electron chi connectivity index (χ4n) is 2.58. The number of hydrogen-bond donors (Lipinski definition) is 0. The summed E-state index contributed by atoms with van der Waals surface area (Å²) in [5.41, 5.74) is 3.24. The van der Waals surface area contributed by atoms with Gasteiger partial charge in [0.1, 0.15) is 10.0 Å². The molecule has 5 nitrogen and oxygen atoms in total. The van der Waals surface area contributed by atoms with Crippen LogP contribution in [0.4, 0.5) is 11.4 Å². The summed E-state index contributed by atoms with van der Waals surface area (Å²) in [5, 5.41) is 12.0. The van der Waals surface area contributed by atoms with Crippen LogP contribution in [-0.2, 0) is 0 Å². The van der Waals surface area contributed by atoms with Crippen molar-refractivity contribution in [2.75, 3.05) is 0 Å². The molecule has 7 heteroatoms. The molecule has 0 aliphatic heterocycles. The highest BCUT2D eigenvalue weighted by Crippen LogP contribution is 2.31. The molecule has 4 rings (SSSR count). The number of nitrogens with zero attached hydrogens (tertiary/aromatic N) is 3. The number of hydrogen-bond acceptors (Lipinski definition) is 5. The second kappa shape index (κ2) is 7.26. The summed E-state index contributed by atoms with van der Waals surface area (Å²) >= 11 is 7.47. The van der Waals surface area contributed by atoms with Gasteiger partial charge in [-0.2, -0.15) is 0 Å². The van der Waals surface area contributed by atoms with E-state index in [1.807, 2.05) is 42.5 Å². The number of benzene rings is 3. The minimum atomic E-state index is -0.507. The Morgan fingerprint density at radius 3 is 2.59 bits per heavy atom. The molecule has 0 saturated heterocycles. The Morgan fingerprint density at radius 2 is 1.85 bits per heavy atom. The molecule has 0 aliphatic rings. The lowest BCUT2D eigenvalue weighted by molar-refractivity contribution is -0.384. The van der Waals surface area contributed by atoms with Crippen LogP contribution in [0.3, 0.4) is 0 Å². The quantitative estimate of drug-likeness (QED) is 0.233. The van der Waals surface area contributed by atoms with Crippen molar-refractivity contribution in [1.82, 2.24) is 4.98 Å². The van der Waals surface area contributed by atoms with E-state index in [0.717, 1.165) is 26.5 Å². The van der Waals surface area contributed by atoms with Crippen molar-refractivity contribution < 1.29 is 4.92 Å². The first-order valence-corrected chi connectivity index (χ1v) is 9.23. The van der Waals surface area contributed by atoms with Gasteiger partial charge in [0.2, 0.25) is 0 Å². The highest BCUT2D eigenvalue weighted by Gasteiger charge is 2.11. The van der Waals surface area contributed by atoms with Gasteiger partial charge >= 0.3 is 0 Å². The summed E-state index contributed by atoms with van der Waals surface area (Å²) < 4.78 is 1.15. The van der Waals surface area contributed by atoms with E-state index in [2.05, 4.69) is 16.0 Å². The second-order valence-corrected chi connectivity index (χ2v) is 7.20. The standard InChI is InChI=1S/C20H12ClN3O2S/c21-16-10-5-13(11-18(16)24(25)26)12-22-15-8-6-14(7-9-15)20-23-17-3-1-2-4-19(17)27-20/h1-12H. The van der Waals surface area contributed by atoms with Gasteiger partial charge in [-0.1, -0.05) is 29.8 Å². The van der Waals surface area contributed by atoms with Gasteiger partial charge < -0.3 is 0 Å². The van der Waals surface area contributed by atoms with E-state index >= 15 is 0 Å². The molecule has 0 N–H and O–H groups in total. The lowest BCUT2D eigenvalue weighted by atomic mass is 10.2. The highest BCUT2D eigenvalue weighted by molar-refractivity contribution is 7.21. The molecule has 0 fully saturated rings. The maximum absolute atomic E-state index is 11.0. The van der Waals surface area contributed by atoms with Crippen LogP contribution in [0.25, 0.3) is 20.8 Å². The number of fused-ring (bicyclic) bond motifs is 1. The molecule has 0 aliphatic carbocycles. The number of para-hydroxylation sites is 1. The van der Waals surface area contributed by atoms with E-state index in [1.54, 1.807) is 23.6 Å². The summed E-state index contributed by atoms with van der Waals surface area (Å²) in [7, 11) is 0. The maximum Gasteiger partial charge on any atom is 0.288 e. The molecule has 3 aromatic carbocycles. The number of nitro groups is 1. The van der Waals surface area contributed by atoms with Crippen molar-refractivity contribution in [2.45, 2.75) is 0 Å². The van der Waals surface area contributed by atoms with Crippen molar-refractivity contribution in [3.05, 3.63) is 87.4 Å². The summed E-state index contributed by atoms with van der Waals surface area (Å²) in [6, 6.07) is 20.3. The number of rotatable bonds is 4. The van der Waals surface area contributed by atoms with Crippen molar-refractivity contribution in [1.29, 1.82) is 0 Å². The lowest BCUT2D eigenvalue weighted by Gasteiger charge is -1.99. The first-order chi connectivity index (χ1) is 13.1. The highest BCUT2D eigenvalue weighted by atomic mass is 35.5. The Balaban J connectivity index is 1.56. The number of thiazole rings is 1. The molecule has 27 heavy (non-hydrogen) atoms. The average molecular weight is 394 g/mol. The number of aromatic nitrogens is 1. The Morgan fingerprint density at radius 1 is 1.07 bits per heavy atom. The Labute approximate surface area is 163 Å². The smallest absolute Gasteiger partial charge is 0.258 e. The van der Waals surface area contributed by atoms with E-state index in [4.69, 9.17) is 11.6 Å². The van der Waals surface area contributed by atoms with E-state index in [1.165, 1.54) is 12.1 Å². The monoisotopic (exact) mass is 393 g/mol. The molecule has 0 amide bonds. The van der Waals surface area contributed by atoms with E-state index in [-0.39, 0.29) is 10.7 Å². The minimum absolute atomic E-state index is 0.109. The van der Waals surface area contributed by atoms with Gasteiger partial charge in [-0.25, -0.2) is 4.98 Å². The van der Waals surface area contributed by atoms with Crippen LogP contribution < -0.4 is 0 Å². The van der Waals surface area contributed by atoms with E-state index in [9.17, 15) is 10.1 Å². The van der Waals surface area contributed by atoms with Gasteiger partial charge in [0.05, 0.1) is 20.8 Å². The summed E-state index contributed by atoms with van der Waals surface area (Å²) in [4.78, 5) is 19.5. The van der Waals surface area contributed by atoms with Crippen LogP contribution in [-0.4, -0.2) is 16.1 Å². The predicted octanol–water partition coefficient (Wildman–Crippen LogP) is 6.28. The van der Waals surface area contributed by atoms with Crippen LogP contribution >= 0.6 is 22.9 Å². The Bertz CT molecular complexity index is 1140. The predicted molar refractivity (Wildman–Crippen MR) is 110 cm³/mol. The van der Waals surface area contributed by atoms with Crippen molar-refractivity contribution in [3.8, 4) is 10.6 Å².